The molecule has 3 rings (SSSR count). The molecule has 2 aromatic rings. The first-order valence-electron chi connectivity index (χ1n) is 7.33. The van der Waals surface area contributed by atoms with Crippen molar-refractivity contribution < 1.29 is 4.39 Å². The van der Waals surface area contributed by atoms with Crippen molar-refractivity contribution in [2.24, 2.45) is 7.05 Å². The number of thioether (sulfide) groups is 1. The van der Waals surface area contributed by atoms with Crippen LogP contribution in [0.1, 0.15) is 35.0 Å². The van der Waals surface area contributed by atoms with Gasteiger partial charge in [-0.25, -0.2) is 4.39 Å². The van der Waals surface area contributed by atoms with Crippen molar-refractivity contribution in [2.45, 2.75) is 37.8 Å². The molecular formula is C17H21FN2S. The van der Waals surface area contributed by atoms with E-state index in [1.165, 1.54) is 21.8 Å². The number of aromatic nitrogens is 1. The largest absolute Gasteiger partial charge is 0.352 e. The monoisotopic (exact) mass is 304 g/mol. The fourth-order valence-corrected chi connectivity index (χ4v) is 4.03. The zero-order chi connectivity index (χ0) is 15.0. The van der Waals surface area contributed by atoms with E-state index in [4.69, 9.17) is 0 Å². The highest BCUT2D eigenvalue weighted by Gasteiger charge is 2.21. The van der Waals surface area contributed by atoms with Crippen LogP contribution in [0.25, 0.3) is 0 Å². The van der Waals surface area contributed by atoms with Gasteiger partial charge in [-0.15, -0.1) is 11.8 Å². The third-order valence-electron chi connectivity index (χ3n) is 4.43. The average molecular weight is 304 g/mol. The summed E-state index contributed by atoms with van der Waals surface area (Å²) in [4.78, 5) is 1.21. The van der Waals surface area contributed by atoms with E-state index in [-0.39, 0.29) is 11.9 Å². The molecule has 1 aliphatic rings. The van der Waals surface area contributed by atoms with Crippen molar-refractivity contribution >= 4 is 11.8 Å². The number of hydrogen-bond donors (Lipinski definition) is 1. The summed E-state index contributed by atoms with van der Waals surface area (Å²) in [7, 11) is 2.09. The lowest BCUT2D eigenvalue weighted by molar-refractivity contribution is 0.503. The van der Waals surface area contributed by atoms with Crippen LogP contribution >= 0.6 is 11.8 Å². The molecule has 0 fully saturated rings. The Hall–Kier alpha value is -1.26. The van der Waals surface area contributed by atoms with Crippen LogP contribution in [0, 0.1) is 19.7 Å². The van der Waals surface area contributed by atoms with Crippen LogP contribution < -0.4 is 5.32 Å². The maximum atomic E-state index is 13.5. The first-order valence-corrected chi connectivity index (χ1v) is 8.32. The van der Waals surface area contributed by atoms with Crippen molar-refractivity contribution in [3.05, 3.63) is 52.6 Å². The minimum Gasteiger partial charge on any atom is -0.352 e. The minimum absolute atomic E-state index is 0.144. The van der Waals surface area contributed by atoms with Gasteiger partial charge < -0.3 is 9.88 Å². The van der Waals surface area contributed by atoms with Gasteiger partial charge in [0.2, 0.25) is 0 Å². The average Bonchev–Trinajstić information content (AvgIpc) is 2.72. The summed E-state index contributed by atoms with van der Waals surface area (Å²) in [5.41, 5.74) is 5.00. The van der Waals surface area contributed by atoms with E-state index in [1.54, 1.807) is 12.1 Å². The van der Waals surface area contributed by atoms with E-state index in [0.29, 0.717) is 0 Å². The van der Waals surface area contributed by atoms with Gasteiger partial charge in [0, 0.05) is 35.9 Å². The van der Waals surface area contributed by atoms with Gasteiger partial charge in [0.25, 0.3) is 0 Å². The lowest BCUT2D eigenvalue weighted by Gasteiger charge is -2.26. The molecule has 0 spiro atoms. The Morgan fingerprint density at radius 2 is 2.14 bits per heavy atom. The number of rotatable bonds is 3. The van der Waals surface area contributed by atoms with Crippen LogP contribution in [0.5, 0.6) is 0 Å². The van der Waals surface area contributed by atoms with Crippen LogP contribution in [0.2, 0.25) is 0 Å². The van der Waals surface area contributed by atoms with Crippen LogP contribution in [0.4, 0.5) is 4.39 Å². The van der Waals surface area contributed by atoms with E-state index in [1.807, 2.05) is 17.8 Å². The maximum absolute atomic E-state index is 13.5. The van der Waals surface area contributed by atoms with Crippen LogP contribution in [-0.2, 0) is 13.6 Å². The summed E-state index contributed by atoms with van der Waals surface area (Å²) in [5.74, 6) is 0.943. The summed E-state index contributed by atoms with van der Waals surface area (Å²) in [5, 5.41) is 3.61. The van der Waals surface area contributed by atoms with E-state index < -0.39 is 0 Å². The fourth-order valence-electron chi connectivity index (χ4n) is 2.92. The van der Waals surface area contributed by atoms with Gasteiger partial charge in [0.05, 0.1) is 0 Å². The molecule has 2 nitrogen and oxygen atoms in total. The number of hydrogen-bond acceptors (Lipinski definition) is 2. The summed E-state index contributed by atoms with van der Waals surface area (Å²) in [6.45, 7) is 5.10. The van der Waals surface area contributed by atoms with Crippen LogP contribution in [0.3, 0.4) is 0 Å². The van der Waals surface area contributed by atoms with Gasteiger partial charge in [-0.3, -0.25) is 0 Å². The summed E-state index contributed by atoms with van der Waals surface area (Å²) < 4.78 is 15.7. The summed E-state index contributed by atoms with van der Waals surface area (Å²) in [6.07, 6.45) is 1.05. The fraction of sp³-hybridized carbons (Fsp3) is 0.412. The molecule has 21 heavy (non-hydrogen) atoms. The molecule has 1 unspecified atom stereocenters. The lowest BCUT2D eigenvalue weighted by Crippen LogP contribution is -2.24. The van der Waals surface area contributed by atoms with Crippen LogP contribution in [0.15, 0.2) is 29.2 Å². The van der Waals surface area contributed by atoms with Crippen molar-refractivity contribution in [2.75, 3.05) is 5.75 Å². The van der Waals surface area contributed by atoms with Gasteiger partial charge in [0.15, 0.2) is 0 Å². The number of nitrogens with zero attached hydrogens (tertiary/aromatic N) is 1. The van der Waals surface area contributed by atoms with E-state index in [2.05, 4.69) is 36.8 Å². The molecule has 2 heterocycles. The minimum atomic E-state index is -0.144. The summed E-state index contributed by atoms with van der Waals surface area (Å²) in [6, 6.07) is 7.62. The number of halogens is 1. The van der Waals surface area contributed by atoms with Crippen molar-refractivity contribution in [1.82, 2.24) is 9.88 Å². The number of nitrogens with one attached hydrogen (secondary N) is 1. The molecule has 0 radical (unpaired) electrons. The molecule has 0 aliphatic carbocycles. The van der Waals surface area contributed by atoms with Gasteiger partial charge in [-0.1, -0.05) is 0 Å². The van der Waals surface area contributed by atoms with Crippen molar-refractivity contribution in [1.29, 1.82) is 0 Å². The predicted molar refractivity (Wildman–Crippen MR) is 86.2 cm³/mol. The number of benzene rings is 1. The third kappa shape index (κ3) is 2.87. The second kappa shape index (κ2) is 5.85. The van der Waals surface area contributed by atoms with Crippen molar-refractivity contribution in [3.63, 3.8) is 0 Å². The van der Waals surface area contributed by atoms with Gasteiger partial charge in [-0.2, -0.15) is 0 Å². The Balaban J connectivity index is 1.78. The molecule has 1 aromatic heterocycles. The van der Waals surface area contributed by atoms with E-state index >= 15 is 0 Å². The van der Waals surface area contributed by atoms with E-state index in [9.17, 15) is 4.39 Å². The molecule has 0 saturated heterocycles. The highest BCUT2D eigenvalue weighted by molar-refractivity contribution is 7.99. The number of aryl methyl sites for hydroxylation is 1. The summed E-state index contributed by atoms with van der Waals surface area (Å²) >= 11 is 1.82. The second-order valence-corrected chi connectivity index (χ2v) is 6.84. The lowest BCUT2D eigenvalue weighted by atomic mass is 10.0. The highest BCUT2D eigenvalue weighted by atomic mass is 32.2. The highest BCUT2D eigenvalue weighted by Crippen LogP contribution is 2.36. The quantitative estimate of drug-likeness (QED) is 0.919. The standard InChI is InChI=1S/C17H21FN2S/c1-11-8-13(12(2)20(11)3)10-19-16-6-7-21-17-5-4-14(18)9-15(16)17/h4-5,8-9,16,19H,6-7,10H2,1-3H3. The van der Waals surface area contributed by atoms with Gasteiger partial charge >= 0.3 is 0 Å². The number of fused-ring (bicyclic) bond motifs is 1. The molecule has 1 atom stereocenters. The van der Waals surface area contributed by atoms with E-state index in [0.717, 1.165) is 24.3 Å². The SMILES string of the molecule is Cc1cc(CNC2CCSc3ccc(F)cc32)c(C)n1C. The molecule has 0 saturated carbocycles. The molecule has 1 N–H and O–H groups in total. The maximum Gasteiger partial charge on any atom is 0.123 e. The molecule has 0 bridgehead atoms. The van der Waals surface area contributed by atoms with Crippen LogP contribution in [-0.4, -0.2) is 10.3 Å². The normalized spacial score (nSPS) is 17.8. The molecule has 1 aromatic carbocycles. The molecule has 0 amide bonds. The molecule has 4 heteroatoms. The molecular weight excluding hydrogens is 283 g/mol. The Bertz CT molecular complexity index is 663. The molecule has 112 valence electrons. The Labute approximate surface area is 129 Å². The second-order valence-electron chi connectivity index (χ2n) is 5.71. The van der Waals surface area contributed by atoms with Gasteiger partial charge in [0.1, 0.15) is 5.82 Å². The first-order chi connectivity index (χ1) is 10.1. The zero-order valence-electron chi connectivity index (χ0n) is 12.7. The van der Waals surface area contributed by atoms with Crippen molar-refractivity contribution in [3.8, 4) is 0 Å². The topological polar surface area (TPSA) is 17.0 Å². The Morgan fingerprint density at radius 1 is 1.33 bits per heavy atom. The smallest absolute Gasteiger partial charge is 0.123 e. The molecule has 1 aliphatic heterocycles. The third-order valence-corrected chi connectivity index (χ3v) is 5.55. The Kier molecular flexibility index (Phi) is 4.09. The zero-order valence-corrected chi connectivity index (χ0v) is 13.6. The first kappa shape index (κ1) is 14.7. The predicted octanol–water partition coefficient (Wildman–Crippen LogP) is 4.11. The Morgan fingerprint density at radius 3 is 2.86 bits per heavy atom. The van der Waals surface area contributed by atoms with Gasteiger partial charge in [-0.05, 0) is 61.4 Å².